The largest absolute Gasteiger partial charge is 0.497 e. The van der Waals surface area contributed by atoms with Crippen molar-refractivity contribution in [3.05, 3.63) is 23.8 Å². The quantitative estimate of drug-likeness (QED) is 0.757. The van der Waals surface area contributed by atoms with Crippen LogP contribution >= 0.6 is 0 Å². The summed E-state index contributed by atoms with van der Waals surface area (Å²) in [5.74, 6) is 0.964. The molecule has 0 aliphatic carbocycles. The van der Waals surface area contributed by atoms with Gasteiger partial charge in [0.2, 0.25) is 0 Å². The number of fused-ring (bicyclic) bond motifs is 1. The number of nitrogens with zero attached hydrogens (tertiary/aromatic N) is 1. The van der Waals surface area contributed by atoms with Crippen molar-refractivity contribution in [3.8, 4) is 5.75 Å². The molecule has 0 aromatic heterocycles. The average Bonchev–Trinajstić information content (AvgIpc) is 2.49. The van der Waals surface area contributed by atoms with Crippen molar-refractivity contribution in [3.63, 3.8) is 0 Å². The van der Waals surface area contributed by atoms with E-state index in [0.29, 0.717) is 6.04 Å². The number of ether oxygens (including phenoxy) is 1. The lowest BCUT2D eigenvalue weighted by Crippen LogP contribution is -2.31. The molecule has 0 spiro atoms. The predicted molar refractivity (Wildman–Crippen MR) is 68.4 cm³/mol. The molecule has 0 bridgehead atoms. The van der Waals surface area contributed by atoms with E-state index in [0.717, 1.165) is 12.3 Å². The summed E-state index contributed by atoms with van der Waals surface area (Å²) < 4.78 is 5.32. The van der Waals surface area contributed by atoms with Crippen LogP contribution in [-0.4, -0.2) is 19.7 Å². The Bertz CT molecular complexity index is 360. The fourth-order valence-electron chi connectivity index (χ4n) is 2.40. The van der Waals surface area contributed by atoms with E-state index >= 15 is 0 Å². The zero-order valence-electron chi connectivity index (χ0n) is 10.5. The molecule has 2 heteroatoms. The van der Waals surface area contributed by atoms with Gasteiger partial charge in [0.1, 0.15) is 5.75 Å². The number of rotatable bonds is 2. The standard InChI is InChI=1S/C14H21NO/c1-11(2)15-9-5-4-6-12-7-8-13(16-3)10-14(12)15/h7-8,10-11H,4-6,9H2,1-3H3. The molecule has 0 radical (unpaired) electrons. The molecular weight excluding hydrogens is 198 g/mol. The van der Waals surface area contributed by atoms with Crippen molar-refractivity contribution in [2.45, 2.75) is 39.2 Å². The summed E-state index contributed by atoms with van der Waals surface area (Å²) in [6.07, 6.45) is 3.78. The van der Waals surface area contributed by atoms with Gasteiger partial charge in [-0.2, -0.15) is 0 Å². The van der Waals surface area contributed by atoms with Crippen molar-refractivity contribution in [2.75, 3.05) is 18.6 Å². The third kappa shape index (κ3) is 2.16. The number of methoxy groups -OCH3 is 1. The molecule has 0 N–H and O–H groups in total. The van der Waals surface area contributed by atoms with Gasteiger partial charge < -0.3 is 9.64 Å². The second-order valence-electron chi connectivity index (χ2n) is 4.74. The van der Waals surface area contributed by atoms with Crippen molar-refractivity contribution in [2.24, 2.45) is 0 Å². The van der Waals surface area contributed by atoms with Crippen molar-refractivity contribution >= 4 is 5.69 Å². The molecule has 1 aromatic rings. The summed E-state index contributed by atoms with van der Waals surface area (Å²) in [6, 6.07) is 7.03. The van der Waals surface area contributed by atoms with Crippen molar-refractivity contribution in [1.29, 1.82) is 0 Å². The highest BCUT2D eigenvalue weighted by Gasteiger charge is 2.17. The van der Waals surface area contributed by atoms with Gasteiger partial charge in [0.25, 0.3) is 0 Å². The van der Waals surface area contributed by atoms with Gasteiger partial charge >= 0.3 is 0 Å². The normalized spacial score (nSPS) is 15.9. The first-order valence-corrected chi connectivity index (χ1v) is 6.16. The maximum Gasteiger partial charge on any atom is 0.120 e. The second kappa shape index (κ2) is 4.77. The van der Waals surface area contributed by atoms with E-state index in [9.17, 15) is 0 Å². The number of hydrogen-bond acceptors (Lipinski definition) is 2. The minimum atomic E-state index is 0.559. The minimum absolute atomic E-state index is 0.559. The molecule has 0 unspecified atom stereocenters. The van der Waals surface area contributed by atoms with E-state index in [1.54, 1.807) is 7.11 Å². The monoisotopic (exact) mass is 219 g/mol. The summed E-state index contributed by atoms with van der Waals surface area (Å²) in [5.41, 5.74) is 2.83. The van der Waals surface area contributed by atoms with Crippen LogP contribution in [-0.2, 0) is 6.42 Å². The lowest BCUT2D eigenvalue weighted by Gasteiger charge is -2.29. The lowest BCUT2D eigenvalue weighted by molar-refractivity contribution is 0.414. The van der Waals surface area contributed by atoms with Gasteiger partial charge in [-0.3, -0.25) is 0 Å². The fraction of sp³-hybridized carbons (Fsp3) is 0.571. The number of benzene rings is 1. The van der Waals surface area contributed by atoms with E-state index in [-0.39, 0.29) is 0 Å². The van der Waals surface area contributed by atoms with Gasteiger partial charge in [0, 0.05) is 24.3 Å². The molecule has 0 atom stereocenters. The Morgan fingerprint density at radius 1 is 1.25 bits per heavy atom. The van der Waals surface area contributed by atoms with Crippen LogP contribution in [0.25, 0.3) is 0 Å². The third-order valence-corrected chi connectivity index (χ3v) is 3.32. The topological polar surface area (TPSA) is 12.5 Å². The molecule has 0 saturated carbocycles. The Labute approximate surface area is 98.2 Å². The number of aryl methyl sites for hydroxylation is 1. The van der Waals surface area contributed by atoms with Crippen LogP contribution in [0, 0.1) is 0 Å². The lowest BCUT2D eigenvalue weighted by atomic mass is 10.1. The minimum Gasteiger partial charge on any atom is -0.497 e. The SMILES string of the molecule is COc1ccc2c(c1)N(C(C)C)CCCC2. The van der Waals surface area contributed by atoms with Crippen LogP contribution in [0.5, 0.6) is 5.75 Å². The molecular formula is C14H21NO. The smallest absolute Gasteiger partial charge is 0.120 e. The maximum atomic E-state index is 5.32. The van der Waals surface area contributed by atoms with E-state index in [2.05, 4.69) is 36.9 Å². The average molecular weight is 219 g/mol. The molecule has 2 nitrogen and oxygen atoms in total. The van der Waals surface area contributed by atoms with E-state index in [1.165, 1.54) is 30.5 Å². The van der Waals surface area contributed by atoms with Gasteiger partial charge in [-0.1, -0.05) is 6.07 Å². The van der Waals surface area contributed by atoms with Gasteiger partial charge in [0.05, 0.1) is 7.11 Å². The van der Waals surface area contributed by atoms with Crippen molar-refractivity contribution < 1.29 is 4.74 Å². The van der Waals surface area contributed by atoms with E-state index in [1.807, 2.05) is 0 Å². The van der Waals surface area contributed by atoms with Gasteiger partial charge in [0.15, 0.2) is 0 Å². The second-order valence-corrected chi connectivity index (χ2v) is 4.74. The molecule has 2 rings (SSSR count). The summed E-state index contributed by atoms with van der Waals surface area (Å²) >= 11 is 0. The molecule has 1 heterocycles. The maximum absolute atomic E-state index is 5.32. The molecule has 16 heavy (non-hydrogen) atoms. The molecule has 0 amide bonds. The Morgan fingerprint density at radius 3 is 2.75 bits per heavy atom. The Kier molecular flexibility index (Phi) is 3.37. The van der Waals surface area contributed by atoms with Crippen molar-refractivity contribution in [1.82, 2.24) is 0 Å². The summed E-state index contributed by atoms with van der Waals surface area (Å²) in [5, 5.41) is 0. The van der Waals surface area contributed by atoms with Crippen LogP contribution in [0.3, 0.4) is 0 Å². The summed E-state index contributed by atoms with van der Waals surface area (Å²) in [7, 11) is 1.73. The molecule has 1 aliphatic heterocycles. The summed E-state index contributed by atoms with van der Waals surface area (Å²) in [4.78, 5) is 2.49. The van der Waals surface area contributed by atoms with Gasteiger partial charge in [-0.25, -0.2) is 0 Å². The Balaban J connectivity index is 2.41. The van der Waals surface area contributed by atoms with Crippen LogP contribution in [0.15, 0.2) is 18.2 Å². The van der Waals surface area contributed by atoms with Crippen LogP contribution < -0.4 is 9.64 Å². The van der Waals surface area contributed by atoms with Gasteiger partial charge in [-0.15, -0.1) is 0 Å². The molecule has 0 saturated heterocycles. The highest BCUT2D eigenvalue weighted by molar-refractivity contribution is 5.58. The molecule has 1 aromatic carbocycles. The Morgan fingerprint density at radius 2 is 2.06 bits per heavy atom. The first-order chi connectivity index (χ1) is 7.72. The van der Waals surface area contributed by atoms with Crippen LogP contribution in [0.4, 0.5) is 5.69 Å². The van der Waals surface area contributed by atoms with Crippen LogP contribution in [0.1, 0.15) is 32.3 Å². The molecule has 1 aliphatic rings. The third-order valence-electron chi connectivity index (χ3n) is 3.32. The summed E-state index contributed by atoms with van der Waals surface area (Å²) in [6.45, 7) is 5.68. The van der Waals surface area contributed by atoms with E-state index < -0.39 is 0 Å². The first kappa shape index (κ1) is 11.3. The fourth-order valence-corrected chi connectivity index (χ4v) is 2.40. The molecule has 0 fully saturated rings. The predicted octanol–water partition coefficient (Wildman–Crippen LogP) is 3.25. The van der Waals surface area contributed by atoms with E-state index in [4.69, 9.17) is 4.74 Å². The highest BCUT2D eigenvalue weighted by atomic mass is 16.5. The number of hydrogen-bond donors (Lipinski definition) is 0. The first-order valence-electron chi connectivity index (χ1n) is 6.16. The molecule has 88 valence electrons. The Hall–Kier alpha value is -1.18. The highest BCUT2D eigenvalue weighted by Crippen LogP contribution is 2.31. The zero-order valence-corrected chi connectivity index (χ0v) is 10.5. The van der Waals surface area contributed by atoms with Crippen LogP contribution in [0.2, 0.25) is 0 Å². The number of anilines is 1. The van der Waals surface area contributed by atoms with Gasteiger partial charge in [-0.05, 0) is 44.7 Å². The zero-order chi connectivity index (χ0) is 11.5.